The van der Waals surface area contributed by atoms with Crippen LogP contribution in [0.4, 0.5) is 0 Å². The Morgan fingerprint density at radius 2 is 1.84 bits per heavy atom. The van der Waals surface area contributed by atoms with Crippen molar-refractivity contribution in [1.82, 2.24) is 35.3 Å². The van der Waals surface area contributed by atoms with E-state index in [1.807, 2.05) is 60.9 Å². The van der Waals surface area contributed by atoms with E-state index in [4.69, 9.17) is 42.8 Å². The normalized spacial score (nSPS) is 17.7. The van der Waals surface area contributed by atoms with Gasteiger partial charge in [-0.05, 0) is 43.1 Å². The Kier molecular flexibility index (Phi) is 10.0. The number of nitrogens with zero attached hydrogens (tertiary/aromatic N) is 5. The number of nitrogens with one attached hydrogen (secondary N) is 2. The first kappa shape index (κ1) is 33.9. The average Bonchev–Trinajstić information content (AvgIpc) is 3.88. The van der Waals surface area contributed by atoms with E-state index in [0.29, 0.717) is 65.6 Å². The molecule has 5 aromatic rings. The quantitative estimate of drug-likeness (QED) is 0.163. The molecule has 2 aliphatic rings. The summed E-state index contributed by atoms with van der Waals surface area (Å²) in [7, 11) is 3.03. The van der Waals surface area contributed by atoms with Crippen LogP contribution in [0, 0.1) is 5.92 Å². The number of halogens is 2. The molecule has 1 amide bonds. The molecular formula is C37H37Cl2N7O4. The maximum absolute atomic E-state index is 12.0. The summed E-state index contributed by atoms with van der Waals surface area (Å²) in [6, 6.07) is 17.7. The maximum atomic E-state index is 12.0. The van der Waals surface area contributed by atoms with Gasteiger partial charge in [0.15, 0.2) is 5.65 Å². The first-order valence-corrected chi connectivity index (χ1v) is 17.3. The minimum atomic E-state index is -0.155. The minimum absolute atomic E-state index is 0.0882. The van der Waals surface area contributed by atoms with Crippen molar-refractivity contribution in [3.63, 3.8) is 0 Å². The zero-order valence-electron chi connectivity index (χ0n) is 27.8. The highest BCUT2D eigenvalue weighted by Gasteiger charge is 2.29. The Morgan fingerprint density at radius 3 is 2.62 bits per heavy atom. The number of fused-ring (bicyclic) bond motifs is 1. The molecule has 0 unspecified atom stereocenters. The standard InChI is InChI=1S/C37H37Cl2N7O4/c1-49-36-23(17-40-18-26-10-12-32(47)42-26)9-11-30(43-36)29-7-3-5-27(33(29)38)28-6-4-8-31(34(28)39)46-21-25-15-22(16-41-35(25)44-46)19-45-14-13-24(20-45)37(48)50-2/h3-9,11,15-16,21,24,26,40H,10,12-14,17-20H2,1-2H3,(H,42,47)/t24-,26-/m0/s1. The minimum Gasteiger partial charge on any atom is -0.481 e. The smallest absolute Gasteiger partial charge is 0.310 e. The first-order valence-electron chi connectivity index (χ1n) is 16.6. The fourth-order valence-corrected chi connectivity index (χ4v) is 7.39. The van der Waals surface area contributed by atoms with Crippen molar-refractivity contribution < 1.29 is 19.1 Å². The SMILES string of the molecule is COC(=O)[C@H]1CCN(Cc2cnc3nn(-c4cccc(-c5cccc(-c6ccc(CNC[C@@H]7CCC(=O)N7)c(OC)n6)c5Cl)c4Cl)cc3c2)C1. The fourth-order valence-electron chi connectivity index (χ4n) is 6.75. The lowest BCUT2D eigenvalue weighted by Crippen LogP contribution is -2.35. The topological polar surface area (TPSA) is 124 Å². The lowest BCUT2D eigenvalue weighted by Gasteiger charge is -2.15. The number of esters is 1. The van der Waals surface area contributed by atoms with Crippen LogP contribution < -0.4 is 15.4 Å². The van der Waals surface area contributed by atoms with Crippen LogP contribution in [0.15, 0.2) is 67.0 Å². The molecule has 0 saturated carbocycles. The third-order valence-electron chi connectivity index (χ3n) is 9.34. The van der Waals surface area contributed by atoms with Crippen molar-refractivity contribution >= 4 is 46.1 Å². The van der Waals surface area contributed by atoms with Crippen LogP contribution in [0.2, 0.25) is 10.0 Å². The molecule has 0 spiro atoms. The number of benzene rings is 2. The van der Waals surface area contributed by atoms with Crippen LogP contribution in [0.3, 0.4) is 0 Å². The predicted octanol–water partition coefficient (Wildman–Crippen LogP) is 5.83. The summed E-state index contributed by atoms with van der Waals surface area (Å²) < 4.78 is 12.3. The Hall–Kier alpha value is -4.55. The van der Waals surface area contributed by atoms with Crippen molar-refractivity contribution in [3.8, 4) is 34.0 Å². The van der Waals surface area contributed by atoms with Crippen LogP contribution >= 0.6 is 23.2 Å². The summed E-state index contributed by atoms with van der Waals surface area (Å²) >= 11 is 14.2. The molecule has 13 heteroatoms. The fraction of sp³-hybridized carbons (Fsp3) is 0.324. The van der Waals surface area contributed by atoms with E-state index in [9.17, 15) is 9.59 Å². The van der Waals surface area contributed by atoms with E-state index in [1.54, 1.807) is 11.8 Å². The molecule has 50 heavy (non-hydrogen) atoms. The third-order valence-corrected chi connectivity index (χ3v) is 10.1. The van der Waals surface area contributed by atoms with Gasteiger partial charge in [0.25, 0.3) is 0 Å². The largest absolute Gasteiger partial charge is 0.481 e. The molecule has 2 fully saturated rings. The summed E-state index contributed by atoms with van der Waals surface area (Å²) in [5, 5.41) is 13.0. The van der Waals surface area contributed by atoms with Gasteiger partial charge in [0.1, 0.15) is 0 Å². The van der Waals surface area contributed by atoms with E-state index in [1.165, 1.54) is 7.11 Å². The number of carbonyl (C=O) groups is 2. The number of pyridine rings is 2. The zero-order valence-corrected chi connectivity index (χ0v) is 29.3. The number of rotatable bonds is 11. The summed E-state index contributed by atoms with van der Waals surface area (Å²) in [6.45, 7) is 3.42. The number of amides is 1. The Bertz CT molecular complexity index is 2070. The second-order valence-electron chi connectivity index (χ2n) is 12.7. The van der Waals surface area contributed by atoms with Crippen molar-refractivity contribution in [2.24, 2.45) is 5.92 Å². The number of methoxy groups -OCH3 is 2. The zero-order chi connectivity index (χ0) is 34.8. The number of hydrogen-bond donors (Lipinski definition) is 2. The van der Waals surface area contributed by atoms with Gasteiger partial charge in [-0.1, -0.05) is 59.6 Å². The summed E-state index contributed by atoms with van der Waals surface area (Å²) in [6.07, 6.45) is 5.95. The van der Waals surface area contributed by atoms with E-state index in [2.05, 4.69) is 26.6 Å². The Balaban J connectivity index is 1.10. The molecule has 0 radical (unpaired) electrons. The Morgan fingerprint density at radius 1 is 1.04 bits per heavy atom. The molecule has 2 atom stereocenters. The number of likely N-dealkylation sites (tertiary alicyclic amines) is 1. The van der Waals surface area contributed by atoms with Crippen molar-refractivity contribution in [2.45, 2.75) is 38.4 Å². The first-order chi connectivity index (χ1) is 24.3. The molecule has 0 bridgehead atoms. The molecular weight excluding hydrogens is 677 g/mol. The molecule has 11 nitrogen and oxygen atoms in total. The van der Waals surface area contributed by atoms with Crippen molar-refractivity contribution in [3.05, 3.63) is 88.2 Å². The summed E-state index contributed by atoms with van der Waals surface area (Å²) in [4.78, 5) is 35.1. The molecule has 258 valence electrons. The molecule has 3 aromatic heterocycles. The molecule has 7 rings (SSSR count). The van der Waals surface area contributed by atoms with Gasteiger partial charge in [-0.3, -0.25) is 14.5 Å². The monoisotopic (exact) mass is 713 g/mol. The highest BCUT2D eigenvalue weighted by atomic mass is 35.5. The van der Waals surface area contributed by atoms with Gasteiger partial charge < -0.3 is 20.1 Å². The molecule has 0 aliphatic carbocycles. The maximum Gasteiger partial charge on any atom is 0.310 e. The van der Waals surface area contributed by atoms with Crippen LogP contribution in [-0.4, -0.2) is 76.4 Å². The van der Waals surface area contributed by atoms with Gasteiger partial charge >= 0.3 is 5.97 Å². The van der Waals surface area contributed by atoms with Crippen molar-refractivity contribution in [2.75, 3.05) is 33.9 Å². The molecule has 2 saturated heterocycles. The molecule has 2 N–H and O–H groups in total. The van der Waals surface area contributed by atoms with Gasteiger partial charge in [-0.25, -0.2) is 14.6 Å². The van der Waals surface area contributed by atoms with Crippen LogP contribution in [0.1, 0.15) is 30.4 Å². The highest BCUT2D eigenvalue weighted by molar-refractivity contribution is 6.39. The predicted molar refractivity (Wildman–Crippen MR) is 192 cm³/mol. The number of aromatic nitrogens is 4. The van der Waals surface area contributed by atoms with Gasteiger partial charge in [-0.15, -0.1) is 5.10 Å². The van der Waals surface area contributed by atoms with Crippen LogP contribution in [0.5, 0.6) is 5.88 Å². The second-order valence-corrected chi connectivity index (χ2v) is 13.4. The number of ether oxygens (including phenoxy) is 2. The van der Waals surface area contributed by atoms with E-state index in [0.717, 1.165) is 52.6 Å². The van der Waals surface area contributed by atoms with Crippen LogP contribution in [0.25, 0.3) is 39.1 Å². The lowest BCUT2D eigenvalue weighted by atomic mass is 10.00. The number of carbonyl (C=O) groups excluding carboxylic acids is 2. The third kappa shape index (κ3) is 7.04. The van der Waals surface area contributed by atoms with Gasteiger partial charge in [-0.2, -0.15) is 0 Å². The highest BCUT2D eigenvalue weighted by Crippen LogP contribution is 2.41. The number of hydrogen-bond acceptors (Lipinski definition) is 9. The Labute approximate surface area is 299 Å². The van der Waals surface area contributed by atoms with Gasteiger partial charge in [0.2, 0.25) is 11.8 Å². The van der Waals surface area contributed by atoms with Gasteiger partial charge in [0, 0.05) is 78.7 Å². The van der Waals surface area contributed by atoms with Crippen LogP contribution in [-0.2, 0) is 27.4 Å². The van der Waals surface area contributed by atoms with Gasteiger partial charge in [0.05, 0.1) is 41.6 Å². The summed E-state index contributed by atoms with van der Waals surface area (Å²) in [5.74, 6) is 0.355. The lowest BCUT2D eigenvalue weighted by molar-refractivity contribution is -0.145. The molecule has 5 heterocycles. The van der Waals surface area contributed by atoms with E-state index < -0.39 is 0 Å². The second kappa shape index (κ2) is 14.7. The molecule has 2 aromatic carbocycles. The van der Waals surface area contributed by atoms with E-state index >= 15 is 0 Å². The molecule has 2 aliphatic heterocycles. The summed E-state index contributed by atoms with van der Waals surface area (Å²) in [5.41, 5.74) is 6.17. The average molecular weight is 715 g/mol. The van der Waals surface area contributed by atoms with Crippen molar-refractivity contribution in [1.29, 1.82) is 0 Å². The van der Waals surface area contributed by atoms with E-state index in [-0.39, 0.29) is 23.8 Å².